The fourth-order valence-electron chi connectivity index (χ4n) is 3.05. The van der Waals surface area contributed by atoms with Crippen LogP contribution in [0.15, 0.2) is 24.3 Å². The van der Waals surface area contributed by atoms with E-state index in [9.17, 15) is 14.3 Å². The first-order valence-electron chi connectivity index (χ1n) is 7.51. The average molecular weight is 293 g/mol. The molecule has 2 atom stereocenters. The van der Waals surface area contributed by atoms with E-state index in [0.717, 1.165) is 25.7 Å². The van der Waals surface area contributed by atoms with Gasteiger partial charge in [-0.2, -0.15) is 0 Å². The molecule has 0 aromatic heterocycles. The lowest BCUT2D eigenvalue weighted by Gasteiger charge is -2.38. The van der Waals surface area contributed by atoms with Crippen LogP contribution >= 0.6 is 0 Å². The second kappa shape index (κ2) is 5.64. The van der Waals surface area contributed by atoms with Crippen LogP contribution in [0.5, 0.6) is 5.75 Å². The Kier molecular flexibility index (Phi) is 3.85. The van der Waals surface area contributed by atoms with E-state index >= 15 is 0 Å². The first-order chi connectivity index (χ1) is 10.1. The average Bonchev–Trinajstić information content (AvgIpc) is 3.25. The summed E-state index contributed by atoms with van der Waals surface area (Å²) in [5.74, 6) is -1.02. The van der Waals surface area contributed by atoms with Crippen molar-refractivity contribution in [3.8, 4) is 5.75 Å². The molecule has 2 aliphatic rings. The highest BCUT2D eigenvalue weighted by Crippen LogP contribution is 2.35. The highest BCUT2D eigenvalue weighted by Gasteiger charge is 2.46. The molecule has 1 aromatic carbocycles. The van der Waals surface area contributed by atoms with Gasteiger partial charge in [0, 0.05) is 12.5 Å². The van der Waals surface area contributed by atoms with Gasteiger partial charge >= 0.3 is 5.97 Å². The topological polar surface area (TPSA) is 58.6 Å². The van der Waals surface area contributed by atoms with E-state index in [4.69, 9.17) is 4.74 Å². The van der Waals surface area contributed by atoms with Gasteiger partial charge < -0.3 is 9.84 Å². The van der Waals surface area contributed by atoms with Crippen molar-refractivity contribution < 1.29 is 19.0 Å². The normalized spacial score (nSPS) is 29.1. The molecule has 4 nitrogen and oxygen atoms in total. The van der Waals surface area contributed by atoms with E-state index in [0.29, 0.717) is 18.9 Å². The van der Waals surface area contributed by atoms with Crippen molar-refractivity contribution >= 4 is 5.97 Å². The van der Waals surface area contributed by atoms with E-state index in [1.807, 2.05) is 0 Å². The monoisotopic (exact) mass is 293 g/mol. The van der Waals surface area contributed by atoms with E-state index in [1.54, 1.807) is 18.2 Å². The van der Waals surface area contributed by atoms with Crippen LogP contribution in [0.2, 0.25) is 0 Å². The van der Waals surface area contributed by atoms with Gasteiger partial charge in [0.2, 0.25) is 0 Å². The molecular weight excluding hydrogens is 273 g/mol. The Hall–Kier alpha value is -1.62. The van der Waals surface area contributed by atoms with E-state index in [1.165, 1.54) is 6.07 Å². The molecule has 2 fully saturated rings. The molecule has 0 radical (unpaired) electrons. The van der Waals surface area contributed by atoms with Gasteiger partial charge in [-0.1, -0.05) is 12.1 Å². The van der Waals surface area contributed by atoms with Crippen LogP contribution in [0.1, 0.15) is 38.5 Å². The number of hydrogen-bond acceptors (Lipinski definition) is 3. The second-order valence-electron chi connectivity index (χ2n) is 6.07. The molecular formula is C16H20FNO3. The molecule has 0 heterocycles. The van der Waals surface area contributed by atoms with Crippen molar-refractivity contribution in [1.29, 1.82) is 0 Å². The van der Waals surface area contributed by atoms with Crippen molar-refractivity contribution in [3.05, 3.63) is 30.1 Å². The molecule has 2 saturated carbocycles. The van der Waals surface area contributed by atoms with Crippen molar-refractivity contribution in [2.75, 3.05) is 0 Å². The van der Waals surface area contributed by atoms with Crippen molar-refractivity contribution in [1.82, 2.24) is 5.32 Å². The molecule has 21 heavy (non-hydrogen) atoms. The summed E-state index contributed by atoms with van der Waals surface area (Å²) in [5, 5.41) is 12.9. The number of halogens is 1. The maximum Gasteiger partial charge on any atom is 0.324 e. The smallest absolute Gasteiger partial charge is 0.324 e. The Morgan fingerprint density at radius 3 is 2.76 bits per heavy atom. The largest absolute Gasteiger partial charge is 0.487 e. The van der Waals surface area contributed by atoms with Gasteiger partial charge in [-0.15, -0.1) is 0 Å². The summed E-state index contributed by atoms with van der Waals surface area (Å²) in [4.78, 5) is 11.7. The van der Waals surface area contributed by atoms with Crippen LogP contribution in [0.3, 0.4) is 0 Å². The molecule has 0 saturated heterocycles. The lowest BCUT2D eigenvalue weighted by Crippen LogP contribution is -2.57. The van der Waals surface area contributed by atoms with Crippen LogP contribution in [-0.2, 0) is 4.79 Å². The molecule has 5 heteroatoms. The van der Waals surface area contributed by atoms with Crippen LogP contribution in [0, 0.1) is 5.82 Å². The van der Waals surface area contributed by atoms with Gasteiger partial charge in [0.1, 0.15) is 11.6 Å². The third kappa shape index (κ3) is 3.18. The zero-order valence-corrected chi connectivity index (χ0v) is 11.8. The van der Waals surface area contributed by atoms with Crippen LogP contribution in [-0.4, -0.2) is 28.8 Å². The number of rotatable bonds is 5. The van der Waals surface area contributed by atoms with Crippen molar-refractivity contribution in [2.45, 2.75) is 56.2 Å². The first-order valence-corrected chi connectivity index (χ1v) is 7.51. The SMILES string of the molecule is O=C(O)C1(NC2CC2)CCCC(Oc2ccccc2F)C1. The quantitative estimate of drug-likeness (QED) is 0.876. The Labute approximate surface area is 123 Å². The summed E-state index contributed by atoms with van der Waals surface area (Å²) in [7, 11) is 0. The highest BCUT2D eigenvalue weighted by atomic mass is 19.1. The molecule has 2 unspecified atom stereocenters. The van der Waals surface area contributed by atoms with Crippen molar-refractivity contribution in [3.63, 3.8) is 0 Å². The van der Waals surface area contributed by atoms with Crippen LogP contribution in [0.25, 0.3) is 0 Å². The number of carboxylic acid groups (broad SMARTS) is 1. The first kappa shape index (κ1) is 14.3. The number of carbonyl (C=O) groups is 1. The predicted octanol–water partition coefficient (Wildman–Crippen LogP) is 2.72. The Bertz CT molecular complexity index is 532. The summed E-state index contributed by atoms with van der Waals surface area (Å²) < 4.78 is 19.4. The Morgan fingerprint density at radius 2 is 2.10 bits per heavy atom. The molecule has 0 spiro atoms. The maximum atomic E-state index is 13.7. The molecule has 2 N–H and O–H groups in total. The molecule has 0 amide bonds. The molecule has 114 valence electrons. The van der Waals surface area contributed by atoms with Gasteiger partial charge in [-0.3, -0.25) is 10.1 Å². The minimum Gasteiger partial charge on any atom is -0.487 e. The van der Waals surface area contributed by atoms with Gasteiger partial charge in [0.15, 0.2) is 11.6 Å². The summed E-state index contributed by atoms with van der Waals surface area (Å²) >= 11 is 0. The molecule has 3 rings (SSSR count). The Balaban J connectivity index is 1.72. The number of nitrogens with one attached hydrogen (secondary N) is 1. The Morgan fingerprint density at radius 1 is 1.33 bits per heavy atom. The van der Waals surface area contributed by atoms with Crippen LogP contribution in [0.4, 0.5) is 4.39 Å². The molecule has 2 aliphatic carbocycles. The van der Waals surface area contributed by atoms with Gasteiger partial charge in [-0.05, 0) is 44.2 Å². The van der Waals surface area contributed by atoms with Gasteiger partial charge in [-0.25, -0.2) is 4.39 Å². The fourth-order valence-corrected chi connectivity index (χ4v) is 3.05. The summed E-state index contributed by atoms with van der Waals surface area (Å²) in [6.07, 6.45) is 4.32. The number of ether oxygens (including phenoxy) is 1. The second-order valence-corrected chi connectivity index (χ2v) is 6.07. The van der Waals surface area contributed by atoms with E-state index in [-0.39, 0.29) is 11.9 Å². The van der Waals surface area contributed by atoms with E-state index < -0.39 is 17.3 Å². The third-order valence-corrected chi connectivity index (χ3v) is 4.30. The molecule has 0 aliphatic heterocycles. The van der Waals surface area contributed by atoms with Gasteiger partial charge in [0.05, 0.1) is 0 Å². The fraction of sp³-hybridized carbons (Fsp3) is 0.562. The molecule has 0 bridgehead atoms. The maximum absolute atomic E-state index is 13.7. The van der Waals surface area contributed by atoms with E-state index in [2.05, 4.69) is 5.32 Å². The lowest BCUT2D eigenvalue weighted by molar-refractivity contribution is -0.148. The standard InChI is InChI=1S/C16H20FNO3/c17-13-5-1-2-6-14(13)21-12-4-3-9-16(10-12,15(19)20)18-11-7-8-11/h1-2,5-6,11-12,18H,3-4,7-10H2,(H,19,20). The number of para-hydroxylation sites is 1. The minimum atomic E-state index is -0.921. The zero-order chi connectivity index (χ0) is 14.9. The zero-order valence-electron chi connectivity index (χ0n) is 11.8. The number of carboxylic acids is 1. The molecule has 1 aromatic rings. The summed E-state index contributed by atoms with van der Waals surface area (Å²) in [5.41, 5.74) is -0.921. The highest BCUT2D eigenvalue weighted by molar-refractivity contribution is 5.79. The minimum absolute atomic E-state index is 0.204. The number of aliphatic carboxylic acids is 1. The lowest BCUT2D eigenvalue weighted by atomic mass is 9.80. The van der Waals surface area contributed by atoms with Gasteiger partial charge in [0.25, 0.3) is 0 Å². The van der Waals surface area contributed by atoms with Crippen molar-refractivity contribution in [2.24, 2.45) is 0 Å². The summed E-state index contributed by atoms with van der Waals surface area (Å²) in [6.45, 7) is 0. The number of hydrogen-bond donors (Lipinski definition) is 2. The van der Waals surface area contributed by atoms with Crippen LogP contribution < -0.4 is 10.1 Å². The predicted molar refractivity (Wildman–Crippen MR) is 75.8 cm³/mol. The third-order valence-electron chi connectivity index (χ3n) is 4.30. The number of benzene rings is 1. The summed E-state index contributed by atoms with van der Waals surface area (Å²) in [6, 6.07) is 6.58.